The van der Waals surface area contributed by atoms with Crippen LogP contribution in [0.3, 0.4) is 0 Å². The zero-order chi connectivity index (χ0) is 29.9. The number of anilines is 1. The van der Waals surface area contributed by atoms with E-state index < -0.39 is 6.36 Å². The number of nitrogens with zero attached hydrogens (tertiary/aromatic N) is 5. The largest absolute Gasteiger partial charge is 0.573 e. The summed E-state index contributed by atoms with van der Waals surface area (Å²) < 4.78 is 56.4. The molecule has 42 heavy (non-hydrogen) atoms. The second-order valence-electron chi connectivity index (χ2n) is 9.65. The van der Waals surface area contributed by atoms with Gasteiger partial charge in [-0.2, -0.15) is 0 Å². The summed E-state index contributed by atoms with van der Waals surface area (Å²) in [6, 6.07) is 17.4. The van der Waals surface area contributed by atoms with Crippen LogP contribution in [-0.2, 0) is 11.3 Å². The number of thioether (sulfide) groups is 1. The van der Waals surface area contributed by atoms with Gasteiger partial charge in [-0.25, -0.2) is 19.0 Å². The first-order chi connectivity index (χ1) is 20.1. The number of rotatable bonds is 9. The predicted octanol–water partition coefficient (Wildman–Crippen LogP) is 6.28. The molecular formula is C29H26F4N6O2S. The van der Waals surface area contributed by atoms with Gasteiger partial charge in [0.2, 0.25) is 5.91 Å². The Morgan fingerprint density at radius 3 is 2.50 bits per heavy atom. The van der Waals surface area contributed by atoms with E-state index in [1.54, 1.807) is 11.0 Å². The Morgan fingerprint density at radius 2 is 1.81 bits per heavy atom. The quantitative estimate of drug-likeness (QED) is 0.180. The lowest BCUT2D eigenvalue weighted by Gasteiger charge is -2.21. The number of hydrogen-bond acceptors (Lipinski definition) is 7. The van der Waals surface area contributed by atoms with E-state index in [-0.39, 0.29) is 35.8 Å². The number of halogens is 4. The molecular weight excluding hydrogens is 572 g/mol. The zero-order valence-corrected chi connectivity index (χ0v) is 23.4. The molecule has 0 unspecified atom stereocenters. The van der Waals surface area contributed by atoms with E-state index in [1.165, 1.54) is 59.2 Å². The molecule has 0 radical (unpaired) electrons. The average molecular weight is 599 g/mol. The maximum atomic E-state index is 13.9. The molecule has 2 heterocycles. The summed E-state index contributed by atoms with van der Waals surface area (Å²) in [6.07, 6.45) is -3.27. The van der Waals surface area contributed by atoms with Gasteiger partial charge in [-0.05, 0) is 59.5 Å². The van der Waals surface area contributed by atoms with E-state index in [9.17, 15) is 22.4 Å². The van der Waals surface area contributed by atoms with Crippen LogP contribution in [0.15, 0.2) is 78.0 Å². The number of amides is 1. The van der Waals surface area contributed by atoms with Gasteiger partial charge in [-0.1, -0.05) is 49.9 Å². The summed E-state index contributed by atoms with van der Waals surface area (Å²) in [5, 5.41) is 8.24. The highest BCUT2D eigenvalue weighted by atomic mass is 32.2. The van der Waals surface area contributed by atoms with Gasteiger partial charge in [0.25, 0.3) is 0 Å². The Kier molecular flexibility index (Phi) is 8.59. The first-order valence-electron chi connectivity index (χ1n) is 12.9. The molecule has 8 nitrogen and oxygen atoms in total. The molecule has 218 valence electrons. The summed E-state index contributed by atoms with van der Waals surface area (Å²) in [5.41, 5.74) is 3.70. The van der Waals surface area contributed by atoms with Gasteiger partial charge in [0.15, 0.2) is 11.0 Å². The number of ether oxygens (including phenoxy) is 1. The SMILES string of the molecule is CC(C)c1cc(F)ccc1N1C(=O)CSC1=NCNCc1ccc(-c2ncn(-c3ccc(OC(F)(F)F)cc3)n2)cc1. The van der Waals surface area contributed by atoms with Gasteiger partial charge in [0.1, 0.15) is 17.9 Å². The van der Waals surface area contributed by atoms with E-state index in [4.69, 9.17) is 0 Å². The summed E-state index contributed by atoms with van der Waals surface area (Å²) in [6.45, 7) is 4.72. The van der Waals surface area contributed by atoms with Crippen LogP contribution in [0, 0.1) is 5.82 Å². The van der Waals surface area contributed by atoms with Gasteiger partial charge >= 0.3 is 6.36 Å². The fraction of sp³-hybridized carbons (Fsp3) is 0.241. The number of alkyl halides is 3. The second kappa shape index (κ2) is 12.3. The van der Waals surface area contributed by atoms with E-state index in [2.05, 4.69) is 25.1 Å². The maximum absolute atomic E-state index is 13.9. The van der Waals surface area contributed by atoms with Gasteiger partial charge < -0.3 is 4.74 Å². The summed E-state index contributed by atoms with van der Waals surface area (Å²) in [4.78, 5) is 23.1. The predicted molar refractivity (Wildman–Crippen MR) is 153 cm³/mol. The zero-order valence-electron chi connectivity index (χ0n) is 22.6. The molecule has 1 fully saturated rings. The van der Waals surface area contributed by atoms with Gasteiger partial charge in [-0.15, -0.1) is 18.3 Å². The van der Waals surface area contributed by atoms with Crippen molar-refractivity contribution < 1.29 is 27.1 Å². The van der Waals surface area contributed by atoms with Gasteiger partial charge in [-0.3, -0.25) is 15.0 Å². The van der Waals surface area contributed by atoms with Gasteiger partial charge in [0, 0.05) is 12.1 Å². The van der Waals surface area contributed by atoms with Crippen molar-refractivity contribution in [3.8, 4) is 22.8 Å². The Hall–Kier alpha value is -4.23. The number of carbonyl (C=O) groups is 1. The minimum absolute atomic E-state index is 0.0358. The van der Waals surface area contributed by atoms with E-state index >= 15 is 0 Å². The highest BCUT2D eigenvalue weighted by molar-refractivity contribution is 8.15. The topological polar surface area (TPSA) is 84.6 Å². The van der Waals surface area contributed by atoms with E-state index in [0.29, 0.717) is 28.9 Å². The highest BCUT2D eigenvalue weighted by Gasteiger charge is 2.32. The number of amidine groups is 1. The fourth-order valence-electron chi connectivity index (χ4n) is 4.32. The van der Waals surface area contributed by atoms with Crippen molar-refractivity contribution in [2.24, 2.45) is 4.99 Å². The number of aromatic nitrogens is 3. The van der Waals surface area contributed by atoms with Crippen LogP contribution in [0.4, 0.5) is 23.2 Å². The normalized spacial score (nSPS) is 14.8. The monoisotopic (exact) mass is 598 g/mol. The van der Waals surface area contributed by atoms with Crippen molar-refractivity contribution in [2.75, 3.05) is 17.3 Å². The summed E-state index contributed by atoms with van der Waals surface area (Å²) in [7, 11) is 0. The molecule has 1 aliphatic heterocycles. The minimum atomic E-state index is -4.75. The smallest absolute Gasteiger partial charge is 0.406 e. The summed E-state index contributed by atoms with van der Waals surface area (Å²) >= 11 is 1.35. The Bertz CT molecular complexity index is 1590. The maximum Gasteiger partial charge on any atom is 0.573 e. The van der Waals surface area contributed by atoms with Gasteiger partial charge in [0.05, 0.1) is 23.8 Å². The molecule has 0 aliphatic carbocycles. The van der Waals surface area contributed by atoms with Crippen LogP contribution >= 0.6 is 11.8 Å². The van der Waals surface area contributed by atoms with Crippen molar-refractivity contribution in [1.82, 2.24) is 20.1 Å². The first-order valence-corrected chi connectivity index (χ1v) is 13.9. The van der Waals surface area contributed by atoms with Crippen LogP contribution < -0.4 is 15.0 Å². The molecule has 1 amide bonds. The number of hydrogen-bond donors (Lipinski definition) is 1. The third-order valence-electron chi connectivity index (χ3n) is 6.31. The molecule has 1 aromatic heterocycles. The second-order valence-corrected chi connectivity index (χ2v) is 10.6. The minimum Gasteiger partial charge on any atom is -0.406 e. The molecule has 4 aromatic rings. The molecule has 13 heteroatoms. The lowest BCUT2D eigenvalue weighted by molar-refractivity contribution is -0.274. The van der Waals surface area contributed by atoms with Crippen LogP contribution in [0.1, 0.15) is 30.9 Å². The lowest BCUT2D eigenvalue weighted by atomic mass is 10.0. The van der Waals surface area contributed by atoms with Crippen molar-refractivity contribution in [3.05, 3.63) is 90.0 Å². The number of nitrogens with one attached hydrogen (secondary N) is 1. The molecule has 0 bridgehead atoms. The standard InChI is InChI=1S/C29H26F4N6O2S/c1-18(2)24-13-21(30)7-12-25(24)39-26(40)15-42-28(39)35-16-34-14-19-3-5-20(6-4-19)27-36-17-38(37-27)22-8-10-23(11-9-22)41-29(31,32)33/h3-13,17-18,34H,14-16H2,1-2H3. The van der Waals surface area contributed by atoms with Crippen molar-refractivity contribution in [2.45, 2.75) is 32.7 Å². The third-order valence-corrected chi connectivity index (χ3v) is 7.27. The molecule has 1 N–H and O–H groups in total. The number of aliphatic imine (C=N–C) groups is 1. The molecule has 0 saturated carbocycles. The molecule has 0 atom stereocenters. The van der Waals surface area contributed by atoms with Crippen LogP contribution in [0.25, 0.3) is 17.1 Å². The highest BCUT2D eigenvalue weighted by Crippen LogP contribution is 2.34. The molecule has 1 saturated heterocycles. The van der Waals surface area contributed by atoms with E-state index in [0.717, 1.165) is 16.7 Å². The van der Waals surface area contributed by atoms with Crippen LogP contribution in [-0.4, -0.2) is 44.6 Å². The Morgan fingerprint density at radius 1 is 1.07 bits per heavy atom. The van der Waals surface area contributed by atoms with Crippen molar-refractivity contribution in [1.29, 1.82) is 0 Å². The summed E-state index contributed by atoms with van der Waals surface area (Å²) in [5.74, 6) is 0.0195. The first kappa shape index (κ1) is 29.3. The average Bonchev–Trinajstić information content (AvgIpc) is 3.58. The molecule has 0 spiro atoms. The molecule has 5 rings (SSSR count). The molecule has 3 aromatic carbocycles. The third kappa shape index (κ3) is 6.97. The lowest BCUT2D eigenvalue weighted by Crippen LogP contribution is -2.31. The fourth-order valence-corrected chi connectivity index (χ4v) is 5.19. The van der Waals surface area contributed by atoms with Crippen LogP contribution in [0.2, 0.25) is 0 Å². The number of carbonyl (C=O) groups excluding carboxylic acids is 1. The van der Waals surface area contributed by atoms with E-state index in [1.807, 2.05) is 38.1 Å². The molecule has 1 aliphatic rings. The van der Waals surface area contributed by atoms with Crippen molar-refractivity contribution >= 4 is 28.5 Å². The number of benzene rings is 3. The van der Waals surface area contributed by atoms with Crippen molar-refractivity contribution in [3.63, 3.8) is 0 Å². The van der Waals surface area contributed by atoms with Crippen LogP contribution in [0.5, 0.6) is 5.75 Å². The Balaban J connectivity index is 1.18. The Labute approximate surface area is 243 Å².